The van der Waals surface area contributed by atoms with Gasteiger partial charge in [-0.2, -0.15) is 13.2 Å². The van der Waals surface area contributed by atoms with Gasteiger partial charge in [0.15, 0.2) is 0 Å². The van der Waals surface area contributed by atoms with E-state index in [4.69, 9.17) is 5.73 Å². The number of hydrogen-bond acceptors (Lipinski definition) is 4. The van der Waals surface area contributed by atoms with Crippen molar-refractivity contribution >= 4 is 17.8 Å². The molecule has 10 heteroatoms. The molecule has 1 aromatic rings. The lowest BCUT2D eigenvalue weighted by atomic mass is 9.44. The van der Waals surface area contributed by atoms with Gasteiger partial charge in [-0.3, -0.25) is 4.79 Å². The van der Waals surface area contributed by atoms with Crippen LogP contribution in [-0.4, -0.2) is 45.6 Å². The number of carboxylic acid groups (broad SMARTS) is 1. The molecule has 32 heavy (non-hydrogen) atoms. The van der Waals surface area contributed by atoms with Crippen LogP contribution in [0.15, 0.2) is 18.3 Å². The number of anilines is 1. The molecule has 0 aromatic carbocycles. The van der Waals surface area contributed by atoms with Gasteiger partial charge in [-0.1, -0.05) is 0 Å². The zero-order valence-corrected chi connectivity index (χ0v) is 17.5. The number of primary amides is 1. The van der Waals surface area contributed by atoms with Crippen molar-refractivity contribution in [3.8, 4) is 0 Å². The number of nitrogens with zero attached hydrogens (tertiary/aromatic N) is 2. The summed E-state index contributed by atoms with van der Waals surface area (Å²) in [6.45, 7) is 0.316. The van der Waals surface area contributed by atoms with Gasteiger partial charge in [-0.15, -0.1) is 0 Å². The molecule has 1 saturated heterocycles. The number of pyridine rings is 1. The number of nitrogens with one attached hydrogen (secondary N) is 1. The Morgan fingerprint density at radius 3 is 2.50 bits per heavy atom. The molecule has 6 rings (SSSR count). The van der Waals surface area contributed by atoms with Crippen LogP contribution in [0.5, 0.6) is 0 Å². The summed E-state index contributed by atoms with van der Waals surface area (Å²) in [6.07, 6.45) is 0.200. The Kier molecular flexibility index (Phi) is 4.83. The van der Waals surface area contributed by atoms with Gasteiger partial charge in [0.2, 0.25) is 5.91 Å². The van der Waals surface area contributed by atoms with Crippen molar-refractivity contribution < 1.29 is 27.9 Å². The molecule has 174 valence electrons. The van der Waals surface area contributed by atoms with Gasteiger partial charge in [-0.25, -0.2) is 9.78 Å². The molecule has 0 radical (unpaired) electrons. The summed E-state index contributed by atoms with van der Waals surface area (Å²) >= 11 is 0. The maximum absolute atomic E-state index is 13.1. The third-order valence-corrected chi connectivity index (χ3v) is 8.38. The molecular formula is C22H27F3N4O3. The number of likely N-dealkylation sites (tertiary alicyclic amines) is 1. The average Bonchev–Trinajstić information content (AvgIpc) is 3.10. The summed E-state index contributed by atoms with van der Waals surface area (Å²) in [7, 11) is 0. The minimum Gasteiger partial charge on any atom is -0.465 e. The Labute approximate surface area is 183 Å². The fourth-order valence-electron chi connectivity index (χ4n) is 7.47. The topological polar surface area (TPSA) is 109 Å². The van der Waals surface area contributed by atoms with Crippen molar-refractivity contribution in [2.24, 2.45) is 34.8 Å². The Bertz CT molecular complexity index is 923. The van der Waals surface area contributed by atoms with Crippen molar-refractivity contribution in [2.75, 3.05) is 11.9 Å². The Morgan fingerprint density at radius 1 is 1.22 bits per heavy atom. The molecule has 0 spiro atoms. The number of carbonyl (C=O) groups is 2. The van der Waals surface area contributed by atoms with Crippen LogP contribution in [0.1, 0.15) is 44.1 Å². The van der Waals surface area contributed by atoms with Crippen LogP contribution in [0.2, 0.25) is 0 Å². The van der Waals surface area contributed by atoms with Gasteiger partial charge < -0.3 is 21.1 Å². The predicted molar refractivity (Wildman–Crippen MR) is 108 cm³/mol. The molecule has 5 unspecified atom stereocenters. The predicted octanol–water partition coefficient (Wildman–Crippen LogP) is 3.56. The van der Waals surface area contributed by atoms with E-state index in [2.05, 4.69) is 10.3 Å². The number of carbonyl (C=O) groups excluding carboxylic acids is 1. The first-order valence-electron chi connectivity index (χ1n) is 11.2. The van der Waals surface area contributed by atoms with E-state index in [0.29, 0.717) is 31.7 Å². The van der Waals surface area contributed by atoms with E-state index in [1.165, 1.54) is 4.90 Å². The van der Waals surface area contributed by atoms with E-state index in [9.17, 15) is 27.9 Å². The van der Waals surface area contributed by atoms with Crippen molar-refractivity contribution in [3.63, 3.8) is 0 Å². The number of rotatable bonds is 4. The lowest BCUT2D eigenvalue weighted by Crippen LogP contribution is -2.61. The molecule has 1 aliphatic heterocycles. The number of aromatic nitrogens is 1. The summed E-state index contributed by atoms with van der Waals surface area (Å²) in [5, 5.41) is 13.0. The van der Waals surface area contributed by atoms with E-state index in [-0.39, 0.29) is 41.6 Å². The highest BCUT2D eigenvalue weighted by atomic mass is 19.4. The van der Waals surface area contributed by atoms with Gasteiger partial charge in [-0.05, 0) is 74.3 Å². The molecule has 7 nitrogen and oxygen atoms in total. The average molecular weight is 452 g/mol. The van der Waals surface area contributed by atoms with Crippen LogP contribution in [-0.2, 0) is 11.0 Å². The molecule has 4 saturated carbocycles. The molecule has 1 aromatic heterocycles. The monoisotopic (exact) mass is 452 g/mol. The van der Waals surface area contributed by atoms with E-state index >= 15 is 0 Å². The number of amides is 2. The Hall–Kier alpha value is -2.52. The summed E-state index contributed by atoms with van der Waals surface area (Å²) in [4.78, 5) is 29.8. The number of alkyl halides is 3. The fourth-order valence-corrected chi connectivity index (χ4v) is 7.47. The van der Waals surface area contributed by atoms with E-state index < -0.39 is 23.2 Å². The summed E-state index contributed by atoms with van der Waals surface area (Å²) in [6, 6.07) is 1.18. The first kappa shape index (κ1) is 21.3. The van der Waals surface area contributed by atoms with Crippen molar-refractivity contribution in [1.29, 1.82) is 0 Å². The molecular weight excluding hydrogens is 425 g/mol. The van der Waals surface area contributed by atoms with Crippen LogP contribution in [0, 0.1) is 29.1 Å². The van der Waals surface area contributed by atoms with Crippen molar-refractivity contribution in [2.45, 2.75) is 56.8 Å². The van der Waals surface area contributed by atoms with Gasteiger partial charge in [0.05, 0.1) is 17.6 Å². The second-order valence-corrected chi connectivity index (χ2v) is 10.1. The standard InChI is InChI=1S/C22H27F3N4O3/c23-22(24,25)14-1-3-27-16(7-14)28-15-2-4-29(20(31)32)18(15)17-12-5-11-6-13(17)10-21(8-11,9-12)19(26)30/h1,3,7,11-13,15,17-18H,2,4-6,8-10H2,(H2,26,30)(H,27,28)(H,31,32)/t11?,12-,13+,15?,17?,18?,21?. The minimum atomic E-state index is -4.48. The van der Waals surface area contributed by atoms with Gasteiger partial charge in [0.1, 0.15) is 5.82 Å². The van der Waals surface area contributed by atoms with Gasteiger partial charge in [0, 0.05) is 18.2 Å². The summed E-state index contributed by atoms with van der Waals surface area (Å²) < 4.78 is 39.4. The molecule has 7 atom stereocenters. The Morgan fingerprint density at radius 2 is 1.91 bits per heavy atom. The van der Waals surface area contributed by atoms with Gasteiger partial charge in [0.25, 0.3) is 0 Å². The van der Waals surface area contributed by atoms with Crippen LogP contribution >= 0.6 is 0 Å². The van der Waals surface area contributed by atoms with E-state index in [1.54, 1.807) is 0 Å². The van der Waals surface area contributed by atoms with E-state index in [1.807, 2.05) is 0 Å². The number of halogens is 3. The largest absolute Gasteiger partial charge is 0.465 e. The maximum atomic E-state index is 13.1. The second-order valence-electron chi connectivity index (χ2n) is 10.1. The first-order valence-corrected chi connectivity index (χ1v) is 11.2. The molecule has 5 fully saturated rings. The fraction of sp³-hybridized carbons (Fsp3) is 0.682. The normalized spacial score (nSPS) is 38.2. The second kappa shape index (κ2) is 7.25. The zero-order valence-electron chi connectivity index (χ0n) is 17.5. The van der Waals surface area contributed by atoms with Crippen molar-refractivity contribution in [1.82, 2.24) is 9.88 Å². The molecule has 4 aliphatic carbocycles. The third-order valence-electron chi connectivity index (χ3n) is 8.38. The lowest BCUT2D eigenvalue weighted by molar-refractivity contribution is -0.154. The molecule has 4 N–H and O–H groups in total. The van der Waals surface area contributed by atoms with Crippen LogP contribution in [0.4, 0.5) is 23.8 Å². The highest BCUT2D eigenvalue weighted by Gasteiger charge is 2.61. The molecule has 2 heterocycles. The van der Waals surface area contributed by atoms with Gasteiger partial charge >= 0.3 is 12.3 Å². The molecule has 4 bridgehead atoms. The first-order chi connectivity index (χ1) is 15.1. The maximum Gasteiger partial charge on any atom is 0.416 e. The van der Waals surface area contributed by atoms with Crippen LogP contribution in [0.25, 0.3) is 0 Å². The molecule has 2 amide bonds. The summed E-state index contributed by atoms with van der Waals surface area (Å²) in [5.74, 6) is 0.725. The third kappa shape index (κ3) is 3.38. The van der Waals surface area contributed by atoms with Crippen LogP contribution in [0.3, 0.4) is 0 Å². The lowest BCUT2D eigenvalue weighted by Gasteiger charge is -2.61. The highest BCUT2D eigenvalue weighted by Crippen LogP contribution is 2.63. The molecule has 5 aliphatic rings. The smallest absolute Gasteiger partial charge is 0.416 e. The number of hydrogen-bond donors (Lipinski definition) is 3. The zero-order chi connectivity index (χ0) is 22.8. The SMILES string of the molecule is NC(=O)C12CC3C[C@H](C1)C(C1C(Nc4cc(C(F)(F)F)ccn4)CCN1C(=O)O)[C@@H](C3)C2. The quantitative estimate of drug-likeness (QED) is 0.647. The minimum absolute atomic E-state index is 0.0564. The summed E-state index contributed by atoms with van der Waals surface area (Å²) in [5.41, 5.74) is 4.51. The van der Waals surface area contributed by atoms with Crippen LogP contribution < -0.4 is 11.1 Å². The Balaban J connectivity index is 1.43. The number of nitrogens with two attached hydrogens (primary N) is 1. The highest BCUT2D eigenvalue weighted by molar-refractivity contribution is 5.81. The van der Waals surface area contributed by atoms with Crippen molar-refractivity contribution in [3.05, 3.63) is 23.9 Å². The van der Waals surface area contributed by atoms with E-state index in [0.717, 1.165) is 37.6 Å².